The van der Waals surface area contributed by atoms with Crippen LogP contribution in [0.15, 0.2) is 83.3 Å². The molecule has 3 aromatic carbocycles. The molecule has 6 heteroatoms. The average molecular weight is 428 g/mol. The molecule has 0 atom stereocenters. The number of fused-ring (bicyclic) bond motifs is 2. The standard InChI is InChI=1S/C24H17N3OS2/c1-16-8-11-21-22(13-16)30-24(26-21)27(25-15-20-7-4-12-29-20)23(28)19-10-9-17-5-2-3-6-18(17)14-19/h2-15H,1H3/b25-15+. The zero-order valence-corrected chi connectivity index (χ0v) is 17.8. The molecule has 0 fully saturated rings. The SMILES string of the molecule is Cc1ccc2nc(N(/N=C/c3cccs3)C(=O)c3ccc4ccccc4c3)sc2c1. The molecule has 0 saturated heterocycles. The Labute approximate surface area is 181 Å². The predicted octanol–water partition coefficient (Wildman–Crippen LogP) is 6.50. The summed E-state index contributed by atoms with van der Waals surface area (Å²) in [6.07, 6.45) is 1.71. The van der Waals surface area contributed by atoms with Crippen molar-refractivity contribution in [2.45, 2.75) is 6.92 Å². The molecule has 146 valence electrons. The molecular weight excluding hydrogens is 410 g/mol. The molecule has 30 heavy (non-hydrogen) atoms. The predicted molar refractivity (Wildman–Crippen MR) is 127 cm³/mol. The van der Waals surface area contributed by atoms with Gasteiger partial charge < -0.3 is 0 Å². The number of carbonyl (C=O) groups is 1. The number of carbonyl (C=O) groups excluding carboxylic acids is 1. The first kappa shape index (κ1) is 18.7. The van der Waals surface area contributed by atoms with E-state index in [0.29, 0.717) is 10.7 Å². The zero-order valence-electron chi connectivity index (χ0n) is 16.1. The number of hydrazone groups is 1. The van der Waals surface area contributed by atoms with Crippen LogP contribution in [0.3, 0.4) is 0 Å². The van der Waals surface area contributed by atoms with Crippen molar-refractivity contribution >= 4 is 60.9 Å². The molecule has 4 nitrogen and oxygen atoms in total. The highest BCUT2D eigenvalue weighted by Gasteiger charge is 2.21. The molecule has 0 saturated carbocycles. The molecule has 1 amide bonds. The Morgan fingerprint density at radius 3 is 2.70 bits per heavy atom. The van der Waals surface area contributed by atoms with Crippen LogP contribution in [0.5, 0.6) is 0 Å². The molecule has 0 aliphatic heterocycles. The van der Waals surface area contributed by atoms with E-state index in [-0.39, 0.29) is 5.91 Å². The summed E-state index contributed by atoms with van der Waals surface area (Å²) in [5.41, 5.74) is 2.60. The van der Waals surface area contributed by atoms with Crippen molar-refractivity contribution < 1.29 is 4.79 Å². The van der Waals surface area contributed by atoms with Gasteiger partial charge in [0.1, 0.15) is 0 Å². The molecule has 0 unspecified atom stereocenters. The van der Waals surface area contributed by atoms with Gasteiger partial charge in [-0.2, -0.15) is 10.1 Å². The highest BCUT2D eigenvalue weighted by molar-refractivity contribution is 7.22. The molecular formula is C24H17N3OS2. The van der Waals surface area contributed by atoms with Crippen molar-refractivity contribution in [3.63, 3.8) is 0 Å². The molecule has 5 rings (SSSR count). The zero-order chi connectivity index (χ0) is 20.5. The number of hydrogen-bond acceptors (Lipinski definition) is 5. The fourth-order valence-electron chi connectivity index (χ4n) is 3.22. The van der Waals surface area contributed by atoms with E-state index in [1.807, 2.05) is 79.0 Å². The quantitative estimate of drug-likeness (QED) is 0.243. The van der Waals surface area contributed by atoms with Crippen LogP contribution in [0.4, 0.5) is 5.13 Å². The van der Waals surface area contributed by atoms with Crippen LogP contribution in [0.25, 0.3) is 21.0 Å². The molecule has 0 aliphatic rings. The largest absolute Gasteiger partial charge is 0.280 e. The molecule has 2 heterocycles. The summed E-state index contributed by atoms with van der Waals surface area (Å²) in [7, 11) is 0. The molecule has 0 spiro atoms. The van der Waals surface area contributed by atoms with Gasteiger partial charge in [0.15, 0.2) is 0 Å². The third-order valence-corrected chi connectivity index (χ3v) is 6.55. The minimum absolute atomic E-state index is 0.204. The molecule has 5 aromatic rings. The minimum Gasteiger partial charge on any atom is -0.267 e. The van der Waals surface area contributed by atoms with Crippen LogP contribution in [0.2, 0.25) is 0 Å². The Morgan fingerprint density at radius 2 is 1.87 bits per heavy atom. The van der Waals surface area contributed by atoms with Crippen molar-refractivity contribution in [2.75, 3.05) is 5.01 Å². The number of hydrogen-bond donors (Lipinski definition) is 0. The van der Waals surface area contributed by atoms with Gasteiger partial charge in [-0.1, -0.05) is 53.8 Å². The number of anilines is 1. The smallest absolute Gasteiger partial charge is 0.267 e. The summed E-state index contributed by atoms with van der Waals surface area (Å²) in [5.74, 6) is -0.204. The molecule has 0 bridgehead atoms. The van der Waals surface area contributed by atoms with E-state index in [0.717, 1.165) is 31.4 Å². The van der Waals surface area contributed by atoms with E-state index in [1.165, 1.54) is 16.3 Å². The van der Waals surface area contributed by atoms with Gasteiger partial charge in [-0.25, -0.2) is 4.98 Å². The Hall–Kier alpha value is -3.35. The molecule has 0 radical (unpaired) electrons. The summed E-state index contributed by atoms with van der Waals surface area (Å²) < 4.78 is 1.03. The summed E-state index contributed by atoms with van der Waals surface area (Å²) in [5, 5.41) is 10.6. The van der Waals surface area contributed by atoms with Crippen molar-refractivity contribution in [3.05, 3.63) is 94.2 Å². The number of benzene rings is 3. The third-order valence-electron chi connectivity index (χ3n) is 4.75. The number of thiophene rings is 1. The van der Waals surface area contributed by atoms with Crippen molar-refractivity contribution in [2.24, 2.45) is 5.10 Å². The highest BCUT2D eigenvalue weighted by atomic mass is 32.1. The van der Waals surface area contributed by atoms with Crippen LogP contribution >= 0.6 is 22.7 Å². The third kappa shape index (κ3) is 3.63. The minimum atomic E-state index is -0.204. The monoisotopic (exact) mass is 427 g/mol. The fourth-order valence-corrected chi connectivity index (χ4v) is 4.82. The number of aromatic nitrogens is 1. The van der Waals surface area contributed by atoms with E-state index in [2.05, 4.69) is 16.2 Å². The first-order valence-corrected chi connectivity index (χ1v) is 11.1. The normalized spacial score (nSPS) is 11.5. The maximum atomic E-state index is 13.5. The Kier molecular flexibility index (Phi) is 4.86. The maximum absolute atomic E-state index is 13.5. The van der Waals surface area contributed by atoms with E-state index in [4.69, 9.17) is 0 Å². The fraction of sp³-hybridized carbons (Fsp3) is 0.0417. The number of aryl methyl sites for hydroxylation is 1. The van der Waals surface area contributed by atoms with Gasteiger partial charge in [0.05, 0.1) is 16.4 Å². The average Bonchev–Trinajstić information content (AvgIpc) is 3.43. The van der Waals surface area contributed by atoms with Crippen LogP contribution in [-0.2, 0) is 0 Å². The van der Waals surface area contributed by atoms with Crippen molar-refractivity contribution in [3.8, 4) is 0 Å². The van der Waals surface area contributed by atoms with E-state index in [9.17, 15) is 4.79 Å². The Balaban J connectivity index is 1.59. The lowest BCUT2D eigenvalue weighted by Gasteiger charge is -2.14. The van der Waals surface area contributed by atoms with Gasteiger partial charge in [0.25, 0.3) is 5.91 Å². The summed E-state index contributed by atoms with van der Waals surface area (Å²) in [6.45, 7) is 2.05. The number of amides is 1. The molecule has 2 aromatic heterocycles. The Morgan fingerprint density at radius 1 is 1.00 bits per heavy atom. The Bertz CT molecular complexity index is 1390. The summed E-state index contributed by atoms with van der Waals surface area (Å²) in [6, 6.07) is 23.7. The second-order valence-corrected chi connectivity index (χ2v) is 8.89. The van der Waals surface area contributed by atoms with Gasteiger partial charge in [-0.05, 0) is 59.0 Å². The van der Waals surface area contributed by atoms with Crippen LogP contribution in [-0.4, -0.2) is 17.1 Å². The number of thiazole rings is 1. The number of rotatable bonds is 4. The van der Waals surface area contributed by atoms with Crippen LogP contribution in [0, 0.1) is 6.92 Å². The maximum Gasteiger partial charge on any atom is 0.280 e. The van der Waals surface area contributed by atoms with E-state index >= 15 is 0 Å². The van der Waals surface area contributed by atoms with E-state index < -0.39 is 0 Å². The van der Waals surface area contributed by atoms with Crippen molar-refractivity contribution in [1.29, 1.82) is 0 Å². The topological polar surface area (TPSA) is 45.6 Å². The second-order valence-electron chi connectivity index (χ2n) is 6.91. The number of nitrogens with zero attached hydrogens (tertiary/aromatic N) is 3. The molecule has 0 aliphatic carbocycles. The van der Waals surface area contributed by atoms with Gasteiger partial charge in [-0.3, -0.25) is 4.79 Å². The summed E-state index contributed by atoms with van der Waals surface area (Å²) in [4.78, 5) is 19.1. The lowest BCUT2D eigenvalue weighted by Crippen LogP contribution is -2.25. The first-order chi connectivity index (χ1) is 14.7. The highest BCUT2D eigenvalue weighted by Crippen LogP contribution is 2.31. The van der Waals surface area contributed by atoms with Gasteiger partial charge in [-0.15, -0.1) is 11.3 Å². The van der Waals surface area contributed by atoms with Gasteiger partial charge in [0, 0.05) is 10.4 Å². The van der Waals surface area contributed by atoms with Crippen molar-refractivity contribution in [1.82, 2.24) is 4.98 Å². The lowest BCUT2D eigenvalue weighted by atomic mass is 10.1. The summed E-state index contributed by atoms with van der Waals surface area (Å²) >= 11 is 3.04. The second kappa shape index (κ2) is 7.82. The van der Waals surface area contributed by atoms with Crippen LogP contribution in [0.1, 0.15) is 20.8 Å². The first-order valence-electron chi connectivity index (χ1n) is 9.45. The van der Waals surface area contributed by atoms with Gasteiger partial charge in [0.2, 0.25) is 5.13 Å². The van der Waals surface area contributed by atoms with E-state index in [1.54, 1.807) is 17.6 Å². The van der Waals surface area contributed by atoms with Crippen LogP contribution < -0.4 is 5.01 Å². The lowest BCUT2D eigenvalue weighted by molar-refractivity contribution is 0.0988. The van der Waals surface area contributed by atoms with Gasteiger partial charge >= 0.3 is 0 Å². The molecule has 0 N–H and O–H groups in total.